The first-order valence-electron chi connectivity index (χ1n) is 4.82. The van der Waals surface area contributed by atoms with Gasteiger partial charge in [0.15, 0.2) is 0 Å². The second kappa shape index (κ2) is 3.98. The zero-order chi connectivity index (χ0) is 11.6. The summed E-state index contributed by atoms with van der Waals surface area (Å²) in [6.07, 6.45) is 0.714. The van der Waals surface area contributed by atoms with Crippen LogP contribution >= 0.6 is 0 Å². The number of nitrogens with zero attached hydrogens (tertiary/aromatic N) is 1. The molecule has 1 aromatic rings. The highest BCUT2D eigenvalue weighted by Crippen LogP contribution is 2.20. The number of benzene rings is 1. The smallest absolute Gasteiger partial charge is 0.272 e. The molecule has 15 heavy (non-hydrogen) atoms. The molecule has 0 radical (unpaired) electrons. The molecule has 0 amide bonds. The lowest BCUT2D eigenvalue weighted by Gasteiger charge is -2.18. The molecule has 1 aromatic carbocycles. The molecule has 0 atom stereocenters. The van der Waals surface area contributed by atoms with E-state index in [0.717, 1.165) is 5.56 Å². The Morgan fingerprint density at radius 1 is 1.47 bits per heavy atom. The normalized spacial score (nSPS) is 11.5. The lowest BCUT2D eigenvalue weighted by atomic mass is 9.95. The molecule has 0 aliphatic heterocycles. The molecular formula is C11H16N2O2. The van der Waals surface area contributed by atoms with Gasteiger partial charge in [0.25, 0.3) is 5.69 Å². The zero-order valence-corrected chi connectivity index (χ0v) is 9.28. The number of hydrogen-bond donors (Lipinski definition) is 1. The van der Waals surface area contributed by atoms with E-state index in [-0.39, 0.29) is 16.1 Å². The molecule has 0 aliphatic rings. The molecule has 4 nitrogen and oxygen atoms in total. The maximum atomic E-state index is 10.6. The van der Waals surface area contributed by atoms with Crippen LogP contribution in [-0.4, -0.2) is 10.5 Å². The number of nitrogens with two attached hydrogens (primary N) is 1. The van der Waals surface area contributed by atoms with E-state index in [9.17, 15) is 10.1 Å². The first-order valence-corrected chi connectivity index (χ1v) is 4.82. The summed E-state index contributed by atoms with van der Waals surface area (Å²) in [5.41, 5.74) is 7.47. The Kier molecular flexibility index (Phi) is 3.09. The molecule has 0 spiro atoms. The van der Waals surface area contributed by atoms with Gasteiger partial charge in [0, 0.05) is 17.2 Å². The summed E-state index contributed by atoms with van der Waals surface area (Å²) in [6, 6.07) is 5.13. The average molecular weight is 208 g/mol. The van der Waals surface area contributed by atoms with Crippen molar-refractivity contribution in [2.75, 3.05) is 0 Å². The summed E-state index contributed by atoms with van der Waals surface area (Å²) in [4.78, 5) is 10.2. The highest BCUT2D eigenvalue weighted by molar-refractivity contribution is 5.42. The Bertz CT molecular complexity index is 381. The summed E-state index contributed by atoms with van der Waals surface area (Å²) in [5.74, 6) is 0. The molecule has 0 aromatic heterocycles. The quantitative estimate of drug-likeness (QED) is 0.611. The molecule has 2 N–H and O–H groups in total. The van der Waals surface area contributed by atoms with Crippen LogP contribution in [0.5, 0.6) is 0 Å². The topological polar surface area (TPSA) is 69.2 Å². The second-order valence-electron chi connectivity index (χ2n) is 4.54. The van der Waals surface area contributed by atoms with Gasteiger partial charge in [-0.05, 0) is 38.8 Å². The summed E-state index contributed by atoms with van der Waals surface area (Å²) in [6.45, 7) is 5.61. The van der Waals surface area contributed by atoms with Crippen molar-refractivity contribution in [3.63, 3.8) is 0 Å². The van der Waals surface area contributed by atoms with E-state index < -0.39 is 0 Å². The third kappa shape index (κ3) is 3.32. The van der Waals surface area contributed by atoms with Crippen LogP contribution in [-0.2, 0) is 6.42 Å². The minimum Gasteiger partial charge on any atom is -0.325 e. The fourth-order valence-electron chi connectivity index (χ4n) is 1.56. The van der Waals surface area contributed by atoms with Crippen molar-refractivity contribution in [2.45, 2.75) is 32.7 Å². The van der Waals surface area contributed by atoms with E-state index >= 15 is 0 Å². The second-order valence-corrected chi connectivity index (χ2v) is 4.54. The molecular weight excluding hydrogens is 192 g/mol. The van der Waals surface area contributed by atoms with Gasteiger partial charge in [-0.25, -0.2) is 0 Å². The summed E-state index contributed by atoms with van der Waals surface area (Å²) in [7, 11) is 0. The highest BCUT2D eigenvalue weighted by Gasteiger charge is 2.15. The Morgan fingerprint density at radius 3 is 2.47 bits per heavy atom. The maximum absolute atomic E-state index is 10.6. The number of nitro benzene ring substituents is 1. The van der Waals surface area contributed by atoms with Crippen LogP contribution < -0.4 is 5.73 Å². The van der Waals surface area contributed by atoms with Gasteiger partial charge >= 0.3 is 0 Å². The number of rotatable bonds is 3. The molecule has 0 saturated heterocycles. The molecule has 0 saturated carbocycles. The van der Waals surface area contributed by atoms with E-state index in [0.29, 0.717) is 12.0 Å². The van der Waals surface area contributed by atoms with E-state index in [1.165, 1.54) is 6.07 Å². The van der Waals surface area contributed by atoms with E-state index in [2.05, 4.69) is 0 Å². The van der Waals surface area contributed by atoms with Crippen LogP contribution in [0.15, 0.2) is 18.2 Å². The van der Waals surface area contributed by atoms with Gasteiger partial charge < -0.3 is 5.73 Å². The SMILES string of the molecule is Cc1cc(CC(C)(C)N)ccc1[N+](=O)[O-]. The Balaban J connectivity index is 2.97. The van der Waals surface area contributed by atoms with Crippen molar-refractivity contribution in [1.82, 2.24) is 0 Å². The molecule has 0 fully saturated rings. The minimum absolute atomic E-state index is 0.161. The predicted molar refractivity (Wildman–Crippen MR) is 59.8 cm³/mol. The van der Waals surface area contributed by atoms with Gasteiger partial charge in [0.05, 0.1) is 4.92 Å². The van der Waals surface area contributed by atoms with Gasteiger partial charge in [-0.3, -0.25) is 10.1 Å². The third-order valence-corrected chi connectivity index (χ3v) is 2.12. The molecule has 0 heterocycles. The first kappa shape index (κ1) is 11.7. The molecule has 1 rings (SSSR count). The zero-order valence-electron chi connectivity index (χ0n) is 9.28. The number of aryl methyl sites for hydroxylation is 1. The summed E-state index contributed by atoms with van der Waals surface area (Å²) in [5, 5.41) is 10.6. The molecule has 82 valence electrons. The van der Waals surface area contributed by atoms with Gasteiger partial charge in [0.2, 0.25) is 0 Å². The monoisotopic (exact) mass is 208 g/mol. The lowest BCUT2D eigenvalue weighted by molar-refractivity contribution is -0.385. The Labute approximate surface area is 89.2 Å². The number of hydrogen-bond acceptors (Lipinski definition) is 3. The average Bonchev–Trinajstić information content (AvgIpc) is 1.99. The molecule has 4 heteroatoms. The summed E-state index contributed by atoms with van der Waals surface area (Å²) < 4.78 is 0. The lowest BCUT2D eigenvalue weighted by Crippen LogP contribution is -2.34. The van der Waals surface area contributed by atoms with Crippen molar-refractivity contribution in [1.29, 1.82) is 0 Å². The van der Waals surface area contributed by atoms with E-state index in [1.54, 1.807) is 13.0 Å². The molecule has 0 aliphatic carbocycles. The largest absolute Gasteiger partial charge is 0.325 e. The molecule has 0 bridgehead atoms. The van der Waals surface area contributed by atoms with Gasteiger partial charge in [-0.15, -0.1) is 0 Å². The predicted octanol–water partition coefficient (Wildman–Crippen LogP) is 2.18. The maximum Gasteiger partial charge on any atom is 0.272 e. The van der Waals surface area contributed by atoms with Gasteiger partial charge in [-0.1, -0.05) is 6.07 Å². The van der Waals surface area contributed by atoms with Crippen molar-refractivity contribution in [3.8, 4) is 0 Å². The van der Waals surface area contributed by atoms with Crippen LogP contribution in [0.4, 0.5) is 5.69 Å². The molecule has 0 unspecified atom stereocenters. The van der Waals surface area contributed by atoms with Crippen LogP contribution in [0, 0.1) is 17.0 Å². The van der Waals surface area contributed by atoms with E-state index in [4.69, 9.17) is 5.73 Å². The fraction of sp³-hybridized carbons (Fsp3) is 0.455. The van der Waals surface area contributed by atoms with Crippen LogP contribution in [0.25, 0.3) is 0 Å². The van der Waals surface area contributed by atoms with Gasteiger partial charge in [-0.2, -0.15) is 0 Å². The van der Waals surface area contributed by atoms with Crippen molar-refractivity contribution < 1.29 is 4.92 Å². The van der Waals surface area contributed by atoms with Crippen molar-refractivity contribution in [2.24, 2.45) is 5.73 Å². The summed E-state index contributed by atoms with van der Waals surface area (Å²) >= 11 is 0. The standard InChI is InChI=1S/C11H16N2O2/c1-8-6-9(7-11(2,3)12)4-5-10(8)13(14)15/h4-6H,7,12H2,1-3H3. The first-order chi connectivity index (χ1) is 6.79. The number of nitro groups is 1. The van der Waals surface area contributed by atoms with Crippen LogP contribution in [0.2, 0.25) is 0 Å². The van der Waals surface area contributed by atoms with E-state index in [1.807, 2.05) is 19.9 Å². The van der Waals surface area contributed by atoms with Crippen LogP contribution in [0.3, 0.4) is 0 Å². The Hall–Kier alpha value is -1.42. The van der Waals surface area contributed by atoms with Gasteiger partial charge in [0.1, 0.15) is 0 Å². The minimum atomic E-state index is -0.368. The highest BCUT2D eigenvalue weighted by atomic mass is 16.6. The third-order valence-electron chi connectivity index (χ3n) is 2.12. The Morgan fingerprint density at radius 2 is 2.07 bits per heavy atom. The fourth-order valence-corrected chi connectivity index (χ4v) is 1.56. The van der Waals surface area contributed by atoms with Crippen molar-refractivity contribution >= 4 is 5.69 Å². The van der Waals surface area contributed by atoms with Crippen LogP contribution in [0.1, 0.15) is 25.0 Å². The van der Waals surface area contributed by atoms with Crippen molar-refractivity contribution in [3.05, 3.63) is 39.4 Å².